The molecule has 3 aromatic rings. The van der Waals surface area contributed by atoms with Crippen LogP contribution in [0.5, 0.6) is 5.75 Å². The Hall–Kier alpha value is -3.76. The van der Waals surface area contributed by atoms with Gasteiger partial charge in [-0.2, -0.15) is 0 Å². The number of halogens is 1. The van der Waals surface area contributed by atoms with Crippen molar-refractivity contribution in [1.82, 2.24) is 4.90 Å². The average molecular weight is 539 g/mol. The first kappa shape index (κ1) is 23.4. The molecule has 10 heteroatoms. The molecule has 0 atom stereocenters. The largest absolute Gasteiger partial charge is 0.423 e. The van der Waals surface area contributed by atoms with Crippen LogP contribution in [0.1, 0.15) is 21.5 Å². The lowest BCUT2D eigenvalue weighted by molar-refractivity contribution is -0.384. The van der Waals surface area contributed by atoms with Crippen molar-refractivity contribution in [2.24, 2.45) is 0 Å². The third-order valence-corrected chi connectivity index (χ3v) is 6.52. The van der Waals surface area contributed by atoms with E-state index in [1.54, 1.807) is 30.3 Å². The van der Waals surface area contributed by atoms with Crippen LogP contribution in [0.15, 0.2) is 82.2 Å². The lowest BCUT2D eigenvalue weighted by Crippen LogP contribution is -2.27. The molecule has 0 aliphatic carbocycles. The number of hydrogen-bond acceptors (Lipinski definition) is 7. The van der Waals surface area contributed by atoms with Gasteiger partial charge in [0.25, 0.3) is 16.8 Å². The maximum absolute atomic E-state index is 12.8. The van der Waals surface area contributed by atoms with Crippen LogP contribution in [0.2, 0.25) is 0 Å². The van der Waals surface area contributed by atoms with Crippen molar-refractivity contribution < 1.29 is 24.0 Å². The van der Waals surface area contributed by atoms with E-state index in [0.29, 0.717) is 5.56 Å². The maximum Gasteiger partial charge on any atom is 0.343 e. The van der Waals surface area contributed by atoms with Crippen LogP contribution < -0.4 is 4.74 Å². The van der Waals surface area contributed by atoms with Gasteiger partial charge in [-0.25, -0.2) is 4.79 Å². The normalized spacial score (nSPS) is 14.5. The number of imide groups is 1. The van der Waals surface area contributed by atoms with E-state index in [1.807, 2.05) is 24.3 Å². The highest BCUT2D eigenvalue weighted by Crippen LogP contribution is 2.34. The summed E-state index contributed by atoms with van der Waals surface area (Å²) in [5.74, 6) is -0.857. The minimum Gasteiger partial charge on any atom is -0.423 e. The van der Waals surface area contributed by atoms with Gasteiger partial charge in [-0.1, -0.05) is 46.3 Å². The number of ether oxygens (including phenoxy) is 1. The highest BCUT2D eigenvalue weighted by atomic mass is 79.9. The quantitative estimate of drug-likeness (QED) is 0.128. The fraction of sp³-hybridized carbons (Fsp3) is 0.0417. The number of nitro benzene ring substituents is 1. The summed E-state index contributed by atoms with van der Waals surface area (Å²) < 4.78 is 6.16. The second-order valence-corrected chi connectivity index (χ2v) is 8.97. The molecule has 1 heterocycles. The maximum atomic E-state index is 12.8. The number of nitrogens with zero attached hydrogens (tertiary/aromatic N) is 2. The Kier molecular flexibility index (Phi) is 6.90. The molecule has 8 nitrogen and oxygen atoms in total. The Morgan fingerprint density at radius 3 is 2.50 bits per heavy atom. The summed E-state index contributed by atoms with van der Waals surface area (Å²) in [5, 5.41) is 10.4. The van der Waals surface area contributed by atoms with Crippen molar-refractivity contribution in [3.63, 3.8) is 0 Å². The highest BCUT2D eigenvalue weighted by Gasteiger charge is 2.35. The number of carbonyl (C=O) groups is 3. The fourth-order valence-corrected chi connectivity index (χ4v) is 4.39. The summed E-state index contributed by atoms with van der Waals surface area (Å²) in [7, 11) is 0. The number of non-ortho nitro benzene ring substituents is 1. The predicted molar refractivity (Wildman–Crippen MR) is 130 cm³/mol. The molecule has 0 unspecified atom stereocenters. The number of amides is 2. The molecule has 0 spiro atoms. The van der Waals surface area contributed by atoms with Crippen molar-refractivity contribution in [2.45, 2.75) is 6.54 Å². The predicted octanol–water partition coefficient (Wildman–Crippen LogP) is 5.81. The molecule has 3 aromatic carbocycles. The molecule has 0 bridgehead atoms. The highest BCUT2D eigenvalue weighted by molar-refractivity contribution is 9.10. The molecular weight excluding hydrogens is 524 g/mol. The zero-order valence-electron chi connectivity index (χ0n) is 17.3. The Bertz CT molecular complexity index is 1340. The lowest BCUT2D eigenvalue weighted by Gasteiger charge is -2.13. The molecule has 0 saturated carbocycles. The monoisotopic (exact) mass is 538 g/mol. The Morgan fingerprint density at radius 1 is 1.06 bits per heavy atom. The SMILES string of the molecule is O=C(Oc1cccc(/C=C2\SC(=O)N(Cc3ccccc3Br)C2=O)c1)c1ccc([N+](=O)[O-])cc1. The second kappa shape index (κ2) is 10.0. The molecule has 1 aliphatic heterocycles. The zero-order valence-corrected chi connectivity index (χ0v) is 19.7. The van der Waals surface area contributed by atoms with E-state index in [2.05, 4.69) is 15.9 Å². The van der Waals surface area contributed by atoms with Crippen LogP contribution in [-0.4, -0.2) is 26.9 Å². The van der Waals surface area contributed by atoms with Crippen LogP contribution in [0.3, 0.4) is 0 Å². The van der Waals surface area contributed by atoms with E-state index >= 15 is 0 Å². The summed E-state index contributed by atoms with van der Waals surface area (Å²) in [6.07, 6.45) is 1.56. The number of esters is 1. The van der Waals surface area contributed by atoms with Crippen LogP contribution in [0.25, 0.3) is 6.08 Å². The third kappa shape index (κ3) is 5.24. The van der Waals surface area contributed by atoms with Crippen molar-refractivity contribution >= 4 is 56.6 Å². The minimum atomic E-state index is -0.680. The van der Waals surface area contributed by atoms with E-state index in [0.717, 1.165) is 21.8 Å². The molecule has 0 aromatic heterocycles. The van der Waals surface area contributed by atoms with E-state index in [4.69, 9.17) is 4.74 Å². The minimum absolute atomic E-state index is 0.132. The topological polar surface area (TPSA) is 107 Å². The number of thioether (sulfide) groups is 1. The van der Waals surface area contributed by atoms with Crippen LogP contribution in [0.4, 0.5) is 10.5 Å². The first-order valence-corrected chi connectivity index (χ1v) is 11.5. The van der Waals surface area contributed by atoms with Gasteiger partial charge in [-0.05, 0) is 59.3 Å². The second-order valence-electron chi connectivity index (χ2n) is 7.13. The summed E-state index contributed by atoms with van der Waals surface area (Å²) in [6, 6.07) is 18.9. The Labute approximate surface area is 206 Å². The molecule has 34 heavy (non-hydrogen) atoms. The average Bonchev–Trinajstić information content (AvgIpc) is 3.08. The van der Waals surface area contributed by atoms with Gasteiger partial charge in [0.1, 0.15) is 5.75 Å². The van der Waals surface area contributed by atoms with Crippen molar-refractivity contribution in [3.8, 4) is 5.75 Å². The molecule has 1 aliphatic rings. The molecule has 170 valence electrons. The molecule has 0 radical (unpaired) electrons. The standard InChI is InChI=1S/C24H15BrN2O6S/c25-20-7-2-1-5-17(20)14-26-22(28)21(34-24(26)30)13-15-4-3-6-19(12-15)33-23(29)16-8-10-18(11-9-16)27(31)32/h1-13H,14H2/b21-13-. The lowest BCUT2D eigenvalue weighted by atomic mass is 10.2. The molecular formula is C24H15BrN2O6S. The van der Waals surface area contributed by atoms with Crippen LogP contribution in [0, 0.1) is 10.1 Å². The number of hydrogen-bond donors (Lipinski definition) is 0. The smallest absolute Gasteiger partial charge is 0.343 e. The molecule has 1 saturated heterocycles. The summed E-state index contributed by atoms with van der Waals surface area (Å²) in [6.45, 7) is 0.149. The first-order valence-electron chi connectivity index (χ1n) is 9.87. The third-order valence-electron chi connectivity index (χ3n) is 4.84. The van der Waals surface area contributed by atoms with Crippen molar-refractivity contribution in [1.29, 1.82) is 0 Å². The summed E-state index contributed by atoms with van der Waals surface area (Å²) in [5.41, 5.74) is 1.41. The zero-order chi connectivity index (χ0) is 24.2. The summed E-state index contributed by atoms with van der Waals surface area (Å²) >= 11 is 4.27. The summed E-state index contributed by atoms with van der Waals surface area (Å²) in [4.78, 5) is 49.3. The van der Waals surface area contributed by atoms with Gasteiger partial charge in [0.05, 0.1) is 21.9 Å². The van der Waals surface area contributed by atoms with E-state index in [-0.39, 0.29) is 33.7 Å². The Balaban J connectivity index is 1.48. The number of benzene rings is 3. The van der Waals surface area contributed by atoms with Gasteiger partial charge in [-0.3, -0.25) is 24.6 Å². The molecule has 2 amide bonds. The molecule has 0 N–H and O–H groups in total. The fourth-order valence-electron chi connectivity index (χ4n) is 3.14. The molecule has 1 fully saturated rings. The number of nitro groups is 1. The van der Waals surface area contributed by atoms with Crippen molar-refractivity contribution in [2.75, 3.05) is 0 Å². The van der Waals surface area contributed by atoms with Crippen LogP contribution in [-0.2, 0) is 11.3 Å². The van der Waals surface area contributed by atoms with Gasteiger partial charge < -0.3 is 4.74 Å². The van der Waals surface area contributed by atoms with Crippen molar-refractivity contribution in [3.05, 3.63) is 109 Å². The van der Waals surface area contributed by atoms with E-state index in [1.165, 1.54) is 29.2 Å². The van der Waals surface area contributed by atoms with E-state index < -0.39 is 16.8 Å². The van der Waals surface area contributed by atoms with Gasteiger partial charge in [0.2, 0.25) is 0 Å². The molecule has 4 rings (SSSR count). The van der Waals surface area contributed by atoms with Gasteiger partial charge in [-0.15, -0.1) is 0 Å². The van der Waals surface area contributed by atoms with Crippen LogP contribution >= 0.6 is 27.7 Å². The van der Waals surface area contributed by atoms with Gasteiger partial charge >= 0.3 is 5.97 Å². The van der Waals surface area contributed by atoms with Gasteiger partial charge in [0.15, 0.2) is 0 Å². The first-order chi connectivity index (χ1) is 16.3. The number of carbonyl (C=O) groups excluding carboxylic acids is 3. The van der Waals surface area contributed by atoms with Gasteiger partial charge in [0, 0.05) is 16.6 Å². The van der Waals surface area contributed by atoms with E-state index in [9.17, 15) is 24.5 Å². The Morgan fingerprint density at radius 2 is 1.79 bits per heavy atom. The number of rotatable bonds is 6.